The Morgan fingerprint density at radius 1 is 1.40 bits per heavy atom. The van der Waals surface area contributed by atoms with Crippen LogP contribution in [-0.4, -0.2) is 50.6 Å². The first-order valence-electron chi connectivity index (χ1n) is 7.75. The van der Waals surface area contributed by atoms with E-state index < -0.39 is 40.5 Å². The topological polar surface area (TPSA) is 98.8 Å². The van der Waals surface area contributed by atoms with Crippen molar-refractivity contribution in [2.24, 2.45) is 0 Å². The summed E-state index contributed by atoms with van der Waals surface area (Å²) in [5.74, 6) is -0.943. The number of sulfone groups is 1. The number of benzene rings is 1. The van der Waals surface area contributed by atoms with Crippen LogP contribution in [0.25, 0.3) is 0 Å². The second-order valence-corrected chi connectivity index (χ2v) is 8.60. The SMILES string of the molecule is Cc1ccc(Cl)c(OCC(=O)O[C@H](C)C(=O)N[C@@H]2CCS(=O)(=O)C2)c1. The number of nitrogens with one attached hydrogen (secondary N) is 1. The summed E-state index contributed by atoms with van der Waals surface area (Å²) in [6.45, 7) is 2.88. The van der Waals surface area contributed by atoms with Crippen LogP contribution in [0.4, 0.5) is 0 Å². The standard InChI is InChI=1S/C16H20ClNO6S/c1-10-3-4-13(17)14(7-10)23-8-15(19)24-11(2)16(20)18-12-5-6-25(21,22)9-12/h3-4,7,11-12H,5-6,8-9H2,1-2H3,(H,18,20)/t11-,12-/m1/s1. The van der Waals surface area contributed by atoms with Crippen LogP contribution in [-0.2, 0) is 24.2 Å². The van der Waals surface area contributed by atoms with Crippen molar-refractivity contribution >= 4 is 33.3 Å². The molecule has 0 bridgehead atoms. The Balaban J connectivity index is 1.79. The number of hydrogen-bond acceptors (Lipinski definition) is 6. The lowest BCUT2D eigenvalue weighted by Gasteiger charge is -2.16. The Bertz CT molecular complexity index is 764. The summed E-state index contributed by atoms with van der Waals surface area (Å²) in [6, 6.07) is 4.71. The first-order valence-corrected chi connectivity index (χ1v) is 9.95. The molecule has 2 rings (SSSR count). The predicted molar refractivity (Wildman–Crippen MR) is 92.4 cm³/mol. The zero-order valence-corrected chi connectivity index (χ0v) is 15.5. The van der Waals surface area contributed by atoms with Crippen molar-refractivity contribution in [3.05, 3.63) is 28.8 Å². The third kappa shape index (κ3) is 5.89. The van der Waals surface area contributed by atoms with Crippen LogP contribution in [0.2, 0.25) is 5.02 Å². The molecule has 138 valence electrons. The lowest BCUT2D eigenvalue weighted by molar-refractivity contribution is -0.156. The Kier molecular flexibility index (Phi) is 6.29. The fraction of sp³-hybridized carbons (Fsp3) is 0.500. The lowest BCUT2D eigenvalue weighted by atomic mass is 10.2. The van der Waals surface area contributed by atoms with E-state index in [2.05, 4.69) is 5.32 Å². The number of carbonyl (C=O) groups excluding carboxylic acids is 2. The maximum Gasteiger partial charge on any atom is 0.344 e. The zero-order valence-electron chi connectivity index (χ0n) is 14.0. The monoisotopic (exact) mass is 389 g/mol. The van der Waals surface area contributed by atoms with Gasteiger partial charge in [-0.25, -0.2) is 13.2 Å². The van der Waals surface area contributed by atoms with Gasteiger partial charge in [-0.15, -0.1) is 0 Å². The van der Waals surface area contributed by atoms with Crippen LogP contribution < -0.4 is 10.1 Å². The van der Waals surface area contributed by atoms with E-state index in [1.807, 2.05) is 13.0 Å². The smallest absolute Gasteiger partial charge is 0.344 e. The molecule has 1 aromatic rings. The normalized spacial score (nSPS) is 19.9. The molecule has 2 atom stereocenters. The first kappa shape index (κ1) is 19.5. The highest BCUT2D eigenvalue weighted by molar-refractivity contribution is 7.91. The van der Waals surface area contributed by atoms with E-state index in [9.17, 15) is 18.0 Å². The van der Waals surface area contributed by atoms with E-state index in [-0.39, 0.29) is 11.5 Å². The second-order valence-electron chi connectivity index (χ2n) is 5.96. The van der Waals surface area contributed by atoms with E-state index in [4.69, 9.17) is 21.1 Å². The number of hydrogen-bond donors (Lipinski definition) is 1. The molecule has 1 saturated heterocycles. The van der Waals surface area contributed by atoms with Gasteiger partial charge in [0.15, 0.2) is 22.5 Å². The molecule has 0 spiro atoms. The lowest BCUT2D eigenvalue weighted by Crippen LogP contribution is -2.43. The number of esters is 1. The molecule has 0 unspecified atom stereocenters. The van der Waals surface area contributed by atoms with Crippen molar-refractivity contribution in [3.8, 4) is 5.75 Å². The molecule has 0 aromatic heterocycles. The summed E-state index contributed by atoms with van der Waals surface area (Å²) in [5.41, 5.74) is 0.923. The summed E-state index contributed by atoms with van der Waals surface area (Å²) in [4.78, 5) is 23.8. The van der Waals surface area contributed by atoms with Crippen LogP contribution in [0.3, 0.4) is 0 Å². The Labute approximate surface area is 151 Å². The molecule has 0 radical (unpaired) electrons. The van der Waals surface area contributed by atoms with Gasteiger partial charge in [-0.2, -0.15) is 0 Å². The van der Waals surface area contributed by atoms with E-state index in [0.29, 0.717) is 17.2 Å². The van der Waals surface area contributed by atoms with Crippen molar-refractivity contribution < 1.29 is 27.5 Å². The largest absolute Gasteiger partial charge is 0.480 e. The van der Waals surface area contributed by atoms with Gasteiger partial charge in [0.1, 0.15) is 5.75 Å². The van der Waals surface area contributed by atoms with Crippen LogP contribution in [0.1, 0.15) is 18.9 Å². The van der Waals surface area contributed by atoms with Crippen molar-refractivity contribution in [2.45, 2.75) is 32.4 Å². The summed E-state index contributed by atoms with van der Waals surface area (Å²) in [6.07, 6.45) is -0.684. The molecule has 1 heterocycles. The van der Waals surface area contributed by atoms with Crippen molar-refractivity contribution in [3.63, 3.8) is 0 Å². The Morgan fingerprint density at radius 3 is 2.76 bits per heavy atom. The third-order valence-electron chi connectivity index (χ3n) is 3.69. The van der Waals surface area contributed by atoms with Crippen molar-refractivity contribution in [1.82, 2.24) is 5.32 Å². The molecule has 1 fully saturated rings. The predicted octanol–water partition coefficient (Wildman–Crippen LogP) is 1.26. The molecule has 7 nitrogen and oxygen atoms in total. The zero-order chi connectivity index (χ0) is 18.6. The summed E-state index contributed by atoms with van der Waals surface area (Å²) >= 11 is 5.96. The molecule has 1 aliphatic heterocycles. The van der Waals surface area contributed by atoms with Crippen LogP contribution in [0.5, 0.6) is 5.75 Å². The Morgan fingerprint density at radius 2 is 2.12 bits per heavy atom. The molecule has 9 heteroatoms. The first-order chi connectivity index (χ1) is 11.7. The molecule has 25 heavy (non-hydrogen) atoms. The van der Waals surface area contributed by atoms with Crippen LogP contribution in [0, 0.1) is 6.92 Å². The summed E-state index contributed by atoms with van der Waals surface area (Å²) in [7, 11) is -3.09. The fourth-order valence-corrected chi connectivity index (χ4v) is 4.22. The van der Waals surface area contributed by atoms with Crippen LogP contribution >= 0.6 is 11.6 Å². The van der Waals surface area contributed by atoms with Gasteiger partial charge >= 0.3 is 5.97 Å². The fourth-order valence-electron chi connectivity index (χ4n) is 2.37. The van der Waals surface area contributed by atoms with Gasteiger partial charge in [0.2, 0.25) is 0 Å². The highest BCUT2D eigenvalue weighted by Crippen LogP contribution is 2.25. The number of ether oxygens (including phenoxy) is 2. The van der Waals surface area contributed by atoms with E-state index >= 15 is 0 Å². The van der Waals surface area contributed by atoms with Gasteiger partial charge in [-0.3, -0.25) is 4.79 Å². The van der Waals surface area contributed by atoms with Gasteiger partial charge in [-0.1, -0.05) is 17.7 Å². The van der Waals surface area contributed by atoms with Gasteiger partial charge in [0.05, 0.1) is 16.5 Å². The highest BCUT2D eigenvalue weighted by atomic mass is 35.5. The molecule has 1 aliphatic rings. The maximum absolute atomic E-state index is 12.0. The second kappa shape index (κ2) is 8.05. The Hall–Kier alpha value is -1.80. The van der Waals surface area contributed by atoms with E-state index in [1.165, 1.54) is 6.92 Å². The number of halogens is 1. The maximum atomic E-state index is 12.0. The number of carbonyl (C=O) groups is 2. The van der Waals surface area contributed by atoms with Gasteiger partial charge in [0, 0.05) is 6.04 Å². The molecular weight excluding hydrogens is 370 g/mol. The quantitative estimate of drug-likeness (QED) is 0.735. The van der Waals surface area contributed by atoms with Crippen LogP contribution in [0.15, 0.2) is 18.2 Å². The van der Waals surface area contributed by atoms with Gasteiger partial charge in [-0.05, 0) is 38.0 Å². The van der Waals surface area contributed by atoms with E-state index in [0.717, 1.165) is 5.56 Å². The summed E-state index contributed by atoms with van der Waals surface area (Å²) in [5, 5.41) is 2.94. The highest BCUT2D eigenvalue weighted by Gasteiger charge is 2.30. The third-order valence-corrected chi connectivity index (χ3v) is 5.77. The van der Waals surface area contributed by atoms with Crippen molar-refractivity contribution in [2.75, 3.05) is 18.1 Å². The number of amides is 1. The number of rotatable bonds is 6. The van der Waals surface area contributed by atoms with Crippen molar-refractivity contribution in [1.29, 1.82) is 0 Å². The molecule has 1 aromatic carbocycles. The number of aryl methyl sites for hydroxylation is 1. The minimum absolute atomic E-state index is 0.0528. The average Bonchev–Trinajstić information content (AvgIpc) is 2.86. The average molecular weight is 390 g/mol. The van der Waals surface area contributed by atoms with Gasteiger partial charge in [0.25, 0.3) is 5.91 Å². The molecule has 1 amide bonds. The minimum Gasteiger partial charge on any atom is -0.480 e. The molecule has 0 saturated carbocycles. The molecular formula is C16H20ClNO6S. The van der Waals surface area contributed by atoms with Gasteiger partial charge < -0.3 is 14.8 Å². The molecule has 1 N–H and O–H groups in total. The van der Waals surface area contributed by atoms with E-state index in [1.54, 1.807) is 12.1 Å². The summed E-state index contributed by atoms with van der Waals surface area (Å²) < 4.78 is 33.1. The minimum atomic E-state index is -3.09. The molecule has 0 aliphatic carbocycles.